The molecule has 0 saturated carbocycles. The average molecular weight is 180 g/mol. The van der Waals surface area contributed by atoms with Crippen LogP contribution in [0.1, 0.15) is 6.42 Å². The normalized spacial score (nSPS) is 10.0. The smallest absolute Gasteiger partial charge is 0.313 e. The Morgan fingerprint density at radius 2 is 1.83 bits per heavy atom. The number of ether oxygens (including phenoxy) is 1. The second-order valence-corrected chi connectivity index (χ2v) is 2.22. The number of alkyl halides is 2. The summed E-state index contributed by atoms with van der Waals surface area (Å²) in [7, 11) is 1.11. The molecule has 0 N–H and O–H groups in total. The summed E-state index contributed by atoms with van der Waals surface area (Å²) < 4.78 is 27.9. The third-order valence-electron chi connectivity index (χ3n) is 1.37. The number of ketones is 1. The molecule has 3 nitrogen and oxygen atoms in total. The number of methoxy groups -OCH3 is 1. The van der Waals surface area contributed by atoms with Gasteiger partial charge in [-0.1, -0.05) is 0 Å². The summed E-state index contributed by atoms with van der Waals surface area (Å²) >= 11 is 0. The van der Waals surface area contributed by atoms with Crippen LogP contribution in [0.15, 0.2) is 0 Å². The average Bonchev–Trinajstić information content (AvgIpc) is 2.06. The van der Waals surface area contributed by atoms with Crippen molar-refractivity contribution in [1.82, 2.24) is 0 Å². The third-order valence-corrected chi connectivity index (χ3v) is 1.37. The summed E-state index contributed by atoms with van der Waals surface area (Å²) in [5.74, 6) is -2.84. The summed E-state index contributed by atoms with van der Waals surface area (Å²) in [6, 6.07) is 0. The minimum absolute atomic E-state index is 0.561. The van der Waals surface area contributed by atoms with Gasteiger partial charge in [-0.2, -0.15) is 0 Å². The van der Waals surface area contributed by atoms with E-state index in [1.165, 1.54) is 0 Å². The van der Waals surface area contributed by atoms with E-state index < -0.39 is 37.4 Å². The van der Waals surface area contributed by atoms with E-state index in [1.807, 2.05) is 0 Å². The van der Waals surface area contributed by atoms with Crippen LogP contribution >= 0.6 is 0 Å². The molecule has 0 aromatic heterocycles. The predicted octanol–water partition coefficient (Wildman–Crippen LogP) is 0.674. The predicted molar refractivity (Wildman–Crippen MR) is 37.1 cm³/mol. The lowest BCUT2D eigenvalue weighted by molar-refractivity contribution is -0.144. The maximum absolute atomic E-state index is 11.8. The van der Waals surface area contributed by atoms with Gasteiger partial charge >= 0.3 is 5.97 Å². The molecule has 70 valence electrons. The van der Waals surface area contributed by atoms with Gasteiger partial charge in [-0.15, -0.1) is 0 Å². The molecule has 5 heteroatoms. The van der Waals surface area contributed by atoms with Crippen LogP contribution in [0.5, 0.6) is 0 Å². The largest absolute Gasteiger partial charge is 0.469 e. The Morgan fingerprint density at radius 3 is 2.17 bits per heavy atom. The molecule has 0 aromatic carbocycles. The summed E-state index contributed by atoms with van der Waals surface area (Å²) in [5.41, 5.74) is 0. The summed E-state index contributed by atoms with van der Waals surface area (Å²) in [4.78, 5) is 21.3. The first-order valence-corrected chi connectivity index (χ1v) is 3.37. The highest BCUT2D eigenvalue weighted by atomic mass is 19.1. The fraction of sp³-hybridized carbons (Fsp3) is 0.714. The van der Waals surface area contributed by atoms with E-state index in [-0.39, 0.29) is 0 Å². The molecular weight excluding hydrogens is 170 g/mol. The first-order valence-electron chi connectivity index (χ1n) is 3.37. The van der Waals surface area contributed by atoms with Crippen LogP contribution in [0.3, 0.4) is 0 Å². The van der Waals surface area contributed by atoms with Crippen molar-refractivity contribution in [3.05, 3.63) is 0 Å². The fourth-order valence-corrected chi connectivity index (χ4v) is 0.572. The van der Waals surface area contributed by atoms with Crippen LogP contribution in [0.4, 0.5) is 8.78 Å². The molecule has 0 aliphatic rings. The molecule has 0 radical (unpaired) electrons. The van der Waals surface area contributed by atoms with Gasteiger partial charge in [0.25, 0.3) is 0 Å². The van der Waals surface area contributed by atoms with E-state index in [1.54, 1.807) is 0 Å². The van der Waals surface area contributed by atoms with Crippen LogP contribution in [-0.4, -0.2) is 32.2 Å². The molecule has 0 aromatic rings. The van der Waals surface area contributed by atoms with Crippen molar-refractivity contribution in [2.45, 2.75) is 6.42 Å². The Morgan fingerprint density at radius 1 is 1.33 bits per heavy atom. The molecule has 0 spiro atoms. The number of hydrogen-bond acceptors (Lipinski definition) is 3. The second kappa shape index (κ2) is 5.62. The molecule has 0 atom stereocenters. The highest BCUT2D eigenvalue weighted by molar-refractivity contribution is 5.96. The van der Waals surface area contributed by atoms with Crippen LogP contribution in [0, 0.1) is 5.92 Å². The molecule has 0 amide bonds. The molecule has 0 aliphatic heterocycles. The Hall–Kier alpha value is -1.00. The maximum Gasteiger partial charge on any atom is 0.313 e. The third kappa shape index (κ3) is 3.41. The van der Waals surface area contributed by atoms with E-state index in [0.29, 0.717) is 0 Å². The number of hydrogen-bond donors (Lipinski definition) is 0. The summed E-state index contributed by atoms with van der Waals surface area (Å²) in [6.07, 6.45) is -0.561. The van der Waals surface area contributed by atoms with E-state index in [4.69, 9.17) is 0 Å². The SMILES string of the molecule is COC(=O)CC(=O)C(CF)CF. The lowest BCUT2D eigenvalue weighted by Crippen LogP contribution is -2.22. The number of rotatable bonds is 5. The molecule has 0 bridgehead atoms. The van der Waals surface area contributed by atoms with Gasteiger partial charge in [0.15, 0.2) is 5.78 Å². The minimum atomic E-state index is -1.32. The van der Waals surface area contributed by atoms with Crippen LogP contribution in [0.2, 0.25) is 0 Å². The quantitative estimate of drug-likeness (QED) is 0.461. The fourth-order valence-electron chi connectivity index (χ4n) is 0.572. The molecular formula is C7H10F2O3. The van der Waals surface area contributed by atoms with Crippen LogP contribution in [-0.2, 0) is 14.3 Å². The number of esters is 1. The van der Waals surface area contributed by atoms with Crippen molar-refractivity contribution >= 4 is 11.8 Å². The summed E-state index contributed by atoms with van der Waals surface area (Å²) in [6.45, 7) is -2.15. The molecule has 0 unspecified atom stereocenters. The minimum Gasteiger partial charge on any atom is -0.469 e. The van der Waals surface area contributed by atoms with Crippen molar-refractivity contribution in [3.63, 3.8) is 0 Å². The zero-order valence-electron chi connectivity index (χ0n) is 6.68. The molecule has 12 heavy (non-hydrogen) atoms. The van der Waals surface area contributed by atoms with Crippen molar-refractivity contribution in [3.8, 4) is 0 Å². The van der Waals surface area contributed by atoms with Crippen molar-refractivity contribution in [1.29, 1.82) is 0 Å². The number of carbonyl (C=O) groups is 2. The highest BCUT2D eigenvalue weighted by Crippen LogP contribution is 2.04. The van der Waals surface area contributed by atoms with Crippen LogP contribution in [0.25, 0.3) is 0 Å². The van der Waals surface area contributed by atoms with Crippen molar-refractivity contribution < 1.29 is 23.1 Å². The monoisotopic (exact) mass is 180 g/mol. The number of carbonyl (C=O) groups excluding carboxylic acids is 2. The van der Waals surface area contributed by atoms with Gasteiger partial charge in [0.05, 0.1) is 13.0 Å². The molecule has 0 aliphatic carbocycles. The lowest BCUT2D eigenvalue weighted by atomic mass is 10.1. The van der Waals surface area contributed by atoms with E-state index in [2.05, 4.69) is 4.74 Å². The molecule has 0 fully saturated rings. The van der Waals surface area contributed by atoms with E-state index >= 15 is 0 Å². The first kappa shape index (κ1) is 11.0. The van der Waals surface area contributed by atoms with E-state index in [0.717, 1.165) is 7.11 Å². The standard InChI is InChI=1S/C7H10F2O3/c1-12-7(11)2-6(10)5(3-8)4-9/h5H,2-4H2,1H3. The zero-order valence-corrected chi connectivity index (χ0v) is 6.68. The Bertz CT molecular complexity index is 166. The number of halogens is 2. The van der Waals surface area contributed by atoms with Gasteiger partial charge in [-0.25, -0.2) is 0 Å². The zero-order chi connectivity index (χ0) is 9.56. The Labute approximate surface area is 68.7 Å². The second-order valence-electron chi connectivity index (χ2n) is 2.22. The molecule has 0 saturated heterocycles. The van der Waals surface area contributed by atoms with Gasteiger partial charge in [0, 0.05) is 0 Å². The lowest BCUT2D eigenvalue weighted by Gasteiger charge is -2.05. The van der Waals surface area contributed by atoms with Gasteiger partial charge in [0.2, 0.25) is 0 Å². The first-order chi connectivity index (χ1) is 5.65. The van der Waals surface area contributed by atoms with Gasteiger partial charge in [0.1, 0.15) is 19.8 Å². The van der Waals surface area contributed by atoms with Gasteiger partial charge < -0.3 is 4.74 Å². The molecule has 0 rings (SSSR count). The highest BCUT2D eigenvalue weighted by Gasteiger charge is 2.20. The van der Waals surface area contributed by atoms with Crippen LogP contribution < -0.4 is 0 Å². The van der Waals surface area contributed by atoms with Gasteiger partial charge in [-0.3, -0.25) is 18.4 Å². The van der Waals surface area contributed by atoms with Crippen molar-refractivity contribution in [2.24, 2.45) is 5.92 Å². The Kier molecular flexibility index (Phi) is 5.16. The topological polar surface area (TPSA) is 43.4 Å². The summed E-state index contributed by atoms with van der Waals surface area (Å²) in [5, 5.41) is 0. The van der Waals surface area contributed by atoms with E-state index in [9.17, 15) is 18.4 Å². The molecule has 0 heterocycles. The number of Topliss-reactive ketones (excluding diaryl/α,β-unsaturated/α-hetero) is 1. The maximum atomic E-state index is 11.8. The Balaban J connectivity index is 3.92. The van der Waals surface area contributed by atoms with Gasteiger partial charge in [-0.05, 0) is 0 Å². The van der Waals surface area contributed by atoms with Crippen molar-refractivity contribution in [2.75, 3.05) is 20.5 Å².